The molecule has 0 bridgehead atoms. The van der Waals surface area contributed by atoms with E-state index in [2.05, 4.69) is 15.5 Å². The van der Waals surface area contributed by atoms with Gasteiger partial charge in [-0.2, -0.15) is 5.10 Å². The van der Waals surface area contributed by atoms with E-state index in [1.807, 2.05) is 42.5 Å². The molecule has 0 saturated carbocycles. The van der Waals surface area contributed by atoms with Crippen LogP contribution in [0.15, 0.2) is 54.6 Å². The molecule has 4 aromatic rings. The van der Waals surface area contributed by atoms with Crippen LogP contribution in [0, 0.1) is 5.82 Å². The van der Waals surface area contributed by atoms with Crippen molar-refractivity contribution in [2.75, 3.05) is 0 Å². The predicted molar refractivity (Wildman–Crippen MR) is 105 cm³/mol. The summed E-state index contributed by atoms with van der Waals surface area (Å²) in [7, 11) is 0. The third kappa shape index (κ3) is 2.96. The van der Waals surface area contributed by atoms with Gasteiger partial charge in [0, 0.05) is 5.56 Å². The highest BCUT2D eigenvalue weighted by Crippen LogP contribution is 2.31. The van der Waals surface area contributed by atoms with Gasteiger partial charge in [0.15, 0.2) is 0 Å². The van der Waals surface area contributed by atoms with Crippen molar-refractivity contribution in [2.45, 2.75) is 13.0 Å². The van der Waals surface area contributed by atoms with Gasteiger partial charge in [-0.05, 0) is 35.9 Å². The predicted octanol–water partition coefficient (Wildman–Crippen LogP) is 3.13. The van der Waals surface area contributed by atoms with E-state index in [4.69, 9.17) is 5.73 Å². The standard InChI is InChI=1S/C21H17FN4O2/c1-11(20(23)27)24-21(28)15-8-9-16-17(18(15)22)19(26-25-16)14-7-6-12-4-2-3-5-13(12)10-14/h2-11H,1H3,(H2,23,27)(H,24,28)(H,25,26). The minimum Gasteiger partial charge on any atom is -0.368 e. The van der Waals surface area contributed by atoms with Crippen LogP contribution in [0.1, 0.15) is 17.3 Å². The lowest BCUT2D eigenvalue weighted by Gasteiger charge is -2.11. The van der Waals surface area contributed by atoms with Crippen molar-refractivity contribution < 1.29 is 14.0 Å². The van der Waals surface area contributed by atoms with Crippen LogP contribution in [-0.4, -0.2) is 28.1 Å². The van der Waals surface area contributed by atoms with Crippen molar-refractivity contribution >= 4 is 33.5 Å². The van der Waals surface area contributed by atoms with E-state index < -0.39 is 23.7 Å². The molecule has 4 N–H and O–H groups in total. The number of carbonyl (C=O) groups excluding carboxylic acids is 2. The Kier molecular flexibility index (Phi) is 4.27. The number of aromatic nitrogens is 2. The molecule has 0 aliphatic heterocycles. The molecule has 7 heteroatoms. The summed E-state index contributed by atoms with van der Waals surface area (Å²) >= 11 is 0. The number of amides is 2. The number of hydrogen-bond acceptors (Lipinski definition) is 3. The molecule has 0 radical (unpaired) electrons. The van der Waals surface area contributed by atoms with E-state index in [9.17, 15) is 9.59 Å². The number of primary amides is 1. The fraction of sp³-hybridized carbons (Fsp3) is 0.0952. The largest absolute Gasteiger partial charge is 0.368 e. The highest BCUT2D eigenvalue weighted by atomic mass is 19.1. The number of nitrogens with zero attached hydrogens (tertiary/aromatic N) is 1. The summed E-state index contributed by atoms with van der Waals surface area (Å²) in [5.41, 5.74) is 6.59. The maximum Gasteiger partial charge on any atom is 0.254 e. The molecule has 2 amide bonds. The topological polar surface area (TPSA) is 101 Å². The maximum atomic E-state index is 15.2. The van der Waals surface area contributed by atoms with Gasteiger partial charge in [-0.3, -0.25) is 14.7 Å². The molecule has 4 rings (SSSR count). The van der Waals surface area contributed by atoms with E-state index in [-0.39, 0.29) is 10.9 Å². The van der Waals surface area contributed by atoms with Crippen LogP contribution in [0.25, 0.3) is 32.9 Å². The lowest BCUT2D eigenvalue weighted by Crippen LogP contribution is -2.42. The second-order valence-corrected chi connectivity index (χ2v) is 6.58. The number of nitrogens with one attached hydrogen (secondary N) is 2. The Morgan fingerprint density at radius 1 is 1.11 bits per heavy atom. The Hall–Kier alpha value is -3.74. The van der Waals surface area contributed by atoms with Crippen LogP contribution in [0.4, 0.5) is 4.39 Å². The van der Waals surface area contributed by atoms with Gasteiger partial charge < -0.3 is 11.1 Å². The summed E-state index contributed by atoms with van der Waals surface area (Å²) in [6.07, 6.45) is 0. The number of rotatable bonds is 4. The first-order chi connectivity index (χ1) is 13.5. The minimum atomic E-state index is -0.910. The second-order valence-electron chi connectivity index (χ2n) is 6.58. The van der Waals surface area contributed by atoms with E-state index in [1.165, 1.54) is 13.0 Å². The zero-order valence-electron chi connectivity index (χ0n) is 15.0. The fourth-order valence-electron chi connectivity index (χ4n) is 3.14. The molecular weight excluding hydrogens is 359 g/mol. The number of H-pyrrole nitrogens is 1. The molecule has 1 unspecified atom stereocenters. The molecule has 1 aromatic heterocycles. The number of aromatic amines is 1. The monoisotopic (exact) mass is 376 g/mol. The number of hydrogen-bond donors (Lipinski definition) is 3. The third-order valence-electron chi connectivity index (χ3n) is 4.71. The van der Waals surface area contributed by atoms with Crippen LogP contribution in [0.2, 0.25) is 0 Å². The first kappa shape index (κ1) is 17.7. The van der Waals surface area contributed by atoms with E-state index in [0.29, 0.717) is 11.2 Å². The van der Waals surface area contributed by atoms with Crippen molar-refractivity contribution in [2.24, 2.45) is 5.73 Å². The minimum absolute atomic E-state index is 0.177. The van der Waals surface area contributed by atoms with Gasteiger partial charge >= 0.3 is 0 Å². The van der Waals surface area contributed by atoms with E-state index in [1.54, 1.807) is 6.07 Å². The van der Waals surface area contributed by atoms with Crippen molar-refractivity contribution in [3.8, 4) is 11.3 Å². The zero-order chi connectivity index (χ0) is 19.8. The van der Waals surface area contributed by atoms with Crippen LogP contribution in [0.3, 0.4) is 0 Å². The number of nitrogens with two attached hydrogens (primary N) is 1. The Labute approximate surface area is 159 Å². The van der Waals surface area contributed by atoms with Gasteiger partial charge in [0.25, 0.3) is 5.91 Å². The van der Waals surface area contributed by atoms with Gasteiger partial charge in [-0.15, -0.1) is 0 Å². The summed E-state index contributed by atoms with van der Waals surface area (Å²) in [5, 5.41) is 11.7. The summed E-state index contributed by atoms with van der Waals surface area (Å²) in [4.78, 5) is 23.5. The lowest BCUT2D eigenvalue weighted by atomic mass is 10.0. The van der Waals surface area contributed by atoms with Crippen LogP contribution < -0.4 is 11.1 Å². The molecule has 1 atom stereocenters. The summed E-state index contributed by atoms with van der Waals surface area (Å²) in [5.74, 6) is -2.12. The second kappa shape index (κ2) is 6.77. The number of halogens is 1. The molecule has 3 aromatic carbocycles. The van der Waals surface area contributed by atoms with Gasteiger partial charge in [0.2, 0.25) is 5.91 Å². The van der Waals surface area contributed by atoms with Gasteiger partial charge in [-0.25, -0.2) is 4.39 Å². The Bertz CT molecular complexity index is 1230. The zero-order valence-corrected chi connectivity index (χ0v) is 15.0. The SMILES string of the molecule is CC(NC(=O)c1ccc2[nH]nc(-c3ccc4ccccc4c3)c2c1F)C(N)=O. The molecule has 140 valence electrons. The summed E-state index contributed by atoms with van der Waals surface area (Å²) < 4.78 is 15.2. The van der Waals surface area contributed by atoms with Crippen LogP contribution >= 0.6 is 0 Å². The van der Waals surface area contributed by atoms with Gasteiger partial charge in [0.05, 0.1) is 16.5 Å². The van der Waals surface area contributed by atoms with Gasteiger partial charge in [0.1, 0.15) is 17.6 Å². The number of carbonyl (C=O) groups is 2. The first-order valence-corrected chi connectivity index (χ1v) is 8.71. The quantitative estimate of drug-likeness (QED) is 0.510. The molecular formula is C21H17FN4O2. The average molecular weight is 376 g/mol. The van der Waals surface area contributed by atoms with E-state index in [0.717, 1.165) is 16.3 Å². The van der Waals surface area contributed by atoms with E-state index >= 15 is 4.39 Å². The molecule has 6 nitrogen and oxygen atoms in total. The molecule has 0 fully saturated rings. The van der Waals surface area contributed by atoms with Crippen molar-refractivity contribution in [3.63, 3.8) is 0 Å². The number of fused-ring (bicyclic) bond motifs is 2. The van der Waals surface area contributed by atoms with Crippen molar-refractivity contribution in [1.29, 1.82) is 0 Å². The van der Waals surface area contributed by atoms with Crippen LogP contribution in [0.5, 0.6) is 0 Å². The van der Waals surface area contributed by atoms with Gasteiger partial charge in [-0.1, -0.05) is 36.4 Å². The number of benzene rings is 3. The smallest absolute Gasteiger partial charge is 0.254 e. The van der Waals surface area contributed by atoms with Crippen molar-refractivity contribution in [1.82, 2.24) is 15.5 Å². The summed E-state index contributed by atoms with van der Waals surface area (Å²) in [6.45, 7) is 1.44. The Morgan fingerprint density at radius 2 is 1.86 bits per heavy atom. The lowest BCUT2D eigenvalue weighted by molar-refractivity contribution is -0.119. The molecule has 0 saturated heterocycles. The Balaban J connectivity index is 1.82. The first-order valence-electron chi connectivity index (χ1n) is 8.71. The highest BCUT2D eigenvalue weighted by molar-refractivity contribution is 6.04. The summed E-state index contributed by atoms with van der Waals surface area (Å²) in [6, 6.07) is 15.6. The third-order valence-corrected chi connectivity index (χ3v) is 4.71. The van der Waals surface area contributed by atoms with Crippen LogP contribution in [-0.2, 0) is 4.79 Å². The Morgan fingerprint density at radius 3 is 2.61 bits per heavy atom. The molecule has 0 aliphatic rings. The highest BCUT2D eigenvalue weighted by Gasteiger charge is 2.22. The average Bonchev–Trinajstić information content (AvgIpc) is 3.12. The molecule has 1 heterocycles. The van der Waals surface area contributed by atoms with Crippen molar-refractivity contribution in [3.05, 3.63) is 66.0 Å². The normalized spacial score (nSPS) is 12.2. The molecule has 0 spiro atoms. The molecule has 28 heavy (non-hydrogen) atoms. The maximum absolute atomic E-state index is 15.2. The fourth-order valence-corrected chi connectivity index (χ4v) is 3.14. The molecule has 0 aliphatic carbocycles.